The highest BCUT2D eigenvalue weighted by Crippen LogP contribution is 2.17. The first-order valence-electron chi connectivity index (χ1n) is 8.63. The molecular formula is C17H31ClN4O. The SMILES string of the molecule is CC(C)c1cc(C(=O)NCCNC2CCCCCC2)nn1C.Cl. The maximum absolute atomic E-state index is 12.1. The molecule has 1 aromatic heterocycles. The number of carbonyl (C=O) groups is 1. The van der Waals surface area contributed by atoms with Gasteiger partial charge in [0.15, 0.2) is 0 Å². The molecule has 0 atom stereocenters. The molecule has 2 N–H and O–H groups in total. The highest BCUT2D eigenvalue weighted by molar-refractivity contribution is 5.92. The van der Waals surface area contributed by atoms with E-state index in [2.05, 4.69) is 29.6 Å². The normalized spacial score (nSPS) is 16.0. The summed E-state index contributed by atoms with van der Waals surface area (Å²) in [6.07, 6.45) is 7.93. The topological polar surface area (TPSA) is 59.0 Å². The predicted molar refractivity (Wildman–Crippen MR) is 96.4 cm³/mol. The van der Waals surface area contributed by atoms with E-state index >= 15 is 0 Å². The van der Waals surface area contributed by atoms with Gasteiger partial charge in [-0.25, -0.2) is 0 Å². The first kappa shape index (κ1) is 20.0. The van der Waals surface area contributed by atoms with Crippen molar-refractivity contribution in [2.45, 2.75) is 64.3 Å². The molecule has 1 aliphatic rings. The van der Waals surface area contributed by atoms with Gasteiger partial charge in [-0.1, -0.05) is 39.5 Å². The Bertz CT molecular complexity index is 479. The zero-order chi connectivity index (χ0) is 15.9. The van der Waals surface area contributed by atoms with Crippen LogP contribution in [0.2, 0.25) is 0 Å². The number of aryl methyl sites for hydroxylation is 1. The fourth-order valence-electron chi connectivity index (χ4n) is 3.16. The van der Waals surface area contributed by atoms with Gasteiger partial charge >= 0.3 is 0 Å². The summed E-state index contributed by atoms with van der Waals surface area (Å²) >= 11 is 0. The third-order valence-electron chi connectivity index (χ3n) is 4.44. The number of rotatable bonds is 6. The summed E-state index contributed by atoms with van der Waals surface area (Å²) in [6, 6.07) is 2.51. The van der Waals surface area contributed by atoms with Crippen LogP contribution in [-0.4, -0.2) is 34.8 Å². The van der Waals surface area contributed by atoms with Crippen LogP contribution in [0.4, 0.5) is 0 Å². The Morgan fingerprint density at radius 1 is 1.26 bits per heavy atom. The van der Waals surface area contributed by atoms with Crippen LogP contribution in [0.5, 0.6) is 0 Å². The summed E-state index contributed by atoms with van der Waals surface area (Å²) in [5.41, 5.74) is 1.60. The van der Waals surface area contributed by atoms with Crippen molar-refractivity contribution in [1.29, 1.82) is 0 Å². The fourth-order valence-corrected chi connectivity index (χ4v) is 3.16. The number of amides is 1. The van der Waals surface area contributed by atoms with Crippen molar-refractivity contribution in [3.8, 4) is 0 Å². The molecule has 0 radical (unpaired) electrons. The van der Waals surface area contributed by atoms with Gasteiger partial charge in [-0.3, -0.25) is 9.48 Å². The van der Waals surface area contributed by atoms with Crippen molar-refractivity contribution in [1.82, 2.24) is 20.4 Å². The van der Waals surface area contributed by atoms with Gasteiger partial charge < -0.3 is 10.6 Å². The Morgan fingerprint density at radius 3 is 2.48 bits per heavy atom. The van der Waals surface area contributed by atoms with Gasteiger partial charge in [0.1, 0.15) is 5.69 Å². The Balaban J connectivity index is 0.00000264. The quantitative estimate of drug-likeness (QED) is 0.617. The van der Waals surface area contributed by atoms with Crippen LogP contribution in [0.3, 0.4) is 0 Å². The summed E-state index contributed by atoms with van der Waals surface area (Å²) < 4.78 is 1.79. The second kappa shape index (κ2) is 9.93. The minimum atomic E-state index is -0.0785. The van der Waals surface area contributed by atoms with E-state index in [1.54, 1.807) is 4.68 Å². The molecule has 1 fully saturated rings. The average molecular weight is 343 g/mol. The van der Waals surface area contributed by atoms with Crippen molar-refractivity contribution in [2.24, 2.45) is 7.05 Å². The molecule has 0 bridgehead atoms. The lowest BCUT2D eigenvalue weighted by atomic mass is 10.1. The molecule has 1 aliphatic carbocycles. The van der Waals surface area contributed by atoms with E-state index in [0.717, 1.165) is 12.2 Å². The number of carbonyl (C=O) groups excluding carboxylic acids is 1. The van der Waals surface area contributed by atoms with Gasteiger partial charge in [0, 0.05) is 31.9 Å². The molecule has 1 saturated carbocycles. The number of halogens is 1. The van der Waals surface area contributed by atoms with Gasteiger partial charge in [-0.2, -0.15) is 5.10 Å². The van der Waals surface area contributed by atoms with Crippen LogP contribution in [0.1, 0.15) is 74.5 Å². The van der Waals surface area contributed by atoms with Crippen LogP contribution in [-0.2, 0) is 7.05 Å². The summed E-state index contributed by atoms with van der Waals surface area (Å²) in [5, 5.41) is 10.8. The van der Waals surface area contributed by atoms with E-state index in [0.29, 0.717) is 24.2 Å². The number of nitrogens with zero attached hydrogens (tertiary/aromatic N) is 2. The third-order valence-corrected chi connectivity index (χ3v) is 4.44. The molecule has 2 rings (SSSR count). The molecule has 0 aliphatic heterocycles. The molecule has 23 heavy (non-hydrogen) atoms. The van der Waals surface area contributed by atoms with E-state index in [-0.39, 0.29) is 18.3 Å². The summed E-state index contributed by atoms with van der Waals surface area (Å²) in [6.45, 7) is 5.70. The van der Waals surface area contributed by atoms with Crippen molar-refractivity contribution < 1.29 is 4.79 Å². The summed E-state index contributed by atoms with van der Waals surface area (Å²) in [5.74, 6) is 0.293. The minimum absolute atomic E-state index is 0. The summed E-state index contributed by atoms with van der Waals surface area (Å²) in [7, 11) is 1.89. The Hall–Kier alpha value is -1.07. The lowest BCUT2D eigenvalue weighted by molar-refractivity contribution is 0.0948. The van der Waals surface area contributed by atoms with Gasteiger partial charge in [0.2, 0.25) is 0 Å². The number of nitrogens with one attached hydrogen (secondary N) is 2. The van der Waals surface area contributed by atoms with Gasteiger partial charge in [-0.15, -0.1) is 12.4 Å². The molecule has 132 valence electrons. The smallest absolute Gasteiger partial charge is 0.271 e. The van der Waals surface area contributed by atoms with Gasteiger partial charge in [0.05, 0.1) is 0 Å². The first-order chi connectivity index (χ1) is 10.6. The van der Waals surface area contributed by atoms with E-state index in [1.165, 1.54) is 38.5 Å². The third kappa shape index (κ3) is 6.15. The van der Waals surface area contributed by atoms with Crippen molar-refractivity contribution in [3.05, 3.63) is 17.5 Å². The highest BCUT2D eigenvalue weighted by Gasteiger charge is 2.15. The van der Waals surface area contributed by atoms with Crippen molar-refractivity contribution in [2.75, 3.05) is 13.1 Å². The Morgan fingerprint density at radius 2 is 1.91 bits per heavy atom. The Kier molecular flexibility index (Phi) is 8.63. The molecule has 0 aromatic carbocycles. The molecule has 5 nitrogen and oxygen atoms in total. The van der Waals surface area contributed by atoms with E-state index in [4.69, 9.17) is 0 Å². The molecule has 0 saturated heterocycles. The zero-order valence-electron chi connectivity index (χ0n) is 14.6. The first-order valence-corrected chi connectivity index (χ1v) is 8.63. The maximum atomic E-state index is 12.1. The molecular weight excluding hydrogens is 312 g/mol. The maximum Gasteiger partial charge on any atom is 0.271 e. The highest BCUT2D eigenvalue weighted by atomic mass is 35.5. The molecule has 0 unspecified atom stereocenters. The molecule has 0 spiro atoms. The van der Waals surface area contributed by atoms with E-state index in [9.17, 15) is 4.79 Å². The van der Waals surface area contributed by atoms with E-state index in [1.807, 2.05) is 13.1 Å². The van der Waals surface area contributed by atoms with Crippen molar-refractivity contribution in [3.63, 3.8) is 0 Å². The fraction of sp³-hybridized carbons (Fsp3) is 0.765. The molecule has 1 aromatic rings. The molecule has 1 heterocycles. The van der Waals surface area contributed by atoms with Crippen LogP contribution in [0.25, 0.3) is 0 Å². The lowest BCUT2D eigenvalue weighted by Gasteiger charge is -2.16. The standard InChI is InChI=1S/C17H30N4O.ClH/c1-13(2)16-12-15(20-21(16)3)17(22)19-11-10-18-14-8-6-4-5-7-9-14;/h12-14,18H,4-11H2,1-3H3,(H,19,22);1H. The molecule has 1 amide bonds. The van der Waals surface area contributed by atoms with Crippen LogP contribution in [0.15, 0.2) is 6.07 Å². The van der Waals surface area contributed by atoms with Crippen LogP contribution in [0, 0.1) is 0 Å². The lowest BCUT2D eigenvalue weighted by Crippen LogP contribution is -2.37. The minimum Gasteiger partial charge on any atom is -0.349 e. The number of hydrogen-bond donors (Lipinski definition) is 2. The van der Waals surface area contributed by atoms with Gasteiger partial charge in [-0.05, 0) is 24.8 Å². The average Bonchev–Trinajstić information content (AvgIpc) is 2.71. The predicted octanol–water partition coefficient (Wildman–Crippen LogP) is 3.01. The van der Waals surface area contributed by atoms with Crippen molar-refractivity contribution >= 4 is 18.3 Å². The number of aromatic nitrogens is 2. The van der Waals surface area contributed by atoms with Crippen LogP contribution < -0.4 is 10.6 Å². The largest absolute Gasteiger partial charge is 0.349 e. The number of hydrogen-bond acceptors (Lipinski definition) is 3. The second-order valence-corrected chi connectivity index (χ2v) is 6.63. The Labute approximate surface area is 146 Å². The monoisotopic (exact) mass is 342 g/mol. The zero-order valence-corrected chi connectivity index (χ0v) is 15.4. The van der Waals surface area contributed by atoms with Crippen LogP contribution >= 0.6 is 12.4 Å². The van der Waals surface area contributed by atoms with Gasteiger partial charge in [0.25, 0.3) is 5.91 Å². The second-order valence-electron chi connectivity index (χ2n) is 6.63. The van der Waals surface area contributed by atoms with E-state index < -0.39 is 0 Å². The summed E-state index contributed by atoms with van der Waals surface area (Å²) in [4.78, 5) is 12.1. The molecule has 6 heteroatoms.